The van der Waals surface area contributed by atoms with E-state index in [-0.39, 0.29) is 11.7 Å². The summed E-state index contributed by atoms with van der Waals surface area (Å²) in [5, 5.41) is 4.60. The predicted octanol–water partition coefficient (Wildman–Crippen LogP) is 2.58. The van der Waals surface area contributed by atoms with Crippen LogP contribution in [0.25, 0.3) is 11.3 Å². The molecular formula is C21H22FN5O. The Labute approximate surface area is 163 Å². The Morgan fingerprint density at radius 1 is 1.07 bits per heavy atom. The summed E-state index contributed by atoms with van der Waals surface area (Å²) in [6.07, 6.45) is 3.52. The molecule has 1 amide bonds. The van der Waals surface area contributed by atoms with Crippen LogP contribution in [-0.2, 0) is 13.6 Å². The van der Waals surface area contributed by atoms with Crippen molar-refractivity contribution in [3.8, 4) is 11.3 Å². The van der Waals surface area contributed by atoms with E-state index in [1.54, 1.807) is 29.4 Å². The number of hydrogen-bond donors (Lipinski definition) is 0. The quantitative estimate of drug-likeness (QED) is 0.699. The van der Waals surface area contributed by atoms with Crippen LogP contribution in [-0.4, -0.2) is 56.7 Å². The van der Waals surface area contributed by atoms with Crippen molar-refractivity contribution in [1.29, 1.82) is 0 Å². The molecule has 0 radical (unpaired) electrons. The molecule has 3 heterocycles. The second kappa shape index (κ2) is 7.90. The van der Waals surface area contributed by atoms with Gasteiger partial charge in [0.25, 0.3) is 5.91 Å². The van der Waals surface area contributed by atoms with E-state index < -0.39 is 0 Å². The van der Waals surface area contributed by atoms with Crippen LogP contribution >= 0.6 is 0 Å². The minimum Gasteiger partial charge on any atom is -0.336 e. The van der Waals surface area contributed by atoms with Crippen LogP contribution in [0, 0.1) is 5.82 Å². The number of amides is 1. The zero-order valence-corrected chi connectivity index (χ0v) is 15.8. The number of carbonyl (C=O) groups excluding carboxylic acids is 1. The standard InChI is InChI=1S/C21H22FN5O/c1-25-19(14-20(24-25)16-5-7-23-8-6-16)15-26-9-11-27(12-10-26)21(28)17-3-2-4-18(22)13-17/h2-8,13-14H,9-12,15H2,1H3. The molecule has 6 nitrogen and oxygen atoms in total. The lowest BCUT2D eigenvalue weighted by Crippen LogP contribution is -2.48. The van der Waals surface area contributed by atoms with E-state index in [0.717, 1.165) is 36.6 Å². The summed E-state index contributed by atoms with van der Waals surface area (Å²) < 4.78 is 15.3. The van der Waals surface area contributed by atoms with Crippen LogP contribution in [0.15, 0.2) is 54.9 Å². The van der Waals surface area contributed by atoms with Gasteiger partial charge in [-0.05, 0) is 36.4 Å². The molecule has 1 aliphatic rings. The molecule has 0 aliphatic carbocycles. The molecule has 0 bridgehead atoms. The van der Waals surface area contributed by atoms with E-state index >= 15 is 0 Å². The Balaban J connectivity index is 1.37. The largest absolute Gasteiger partial charge is 0.336 e. The van der Waals surface area contributed by atoms with E-state index in [1.807, 2.05) is 23.9 Å². The molecule has 1 aromatic carbocycles. The fourth-order valence-electron chi connectivity index (χ4n) is 3.46. The fourth-order valence-corrected chi connectivity index (χ4v) is 3.46. The fraction of sp³-hybridized carbons (Fsp3) is 0.286. The average Bonchev–Trinajstić information content (AvgIpc) is 3.09. The minimum absolute atomic E-state index is 0.111. The predicted molar refractivity (Wildman–Crippen MR) is 104 cm³/mol. The number of piperazine rings is 1. The summed E-state index contributed by atoms with van der Waals surface area (Å²) in [4.78, 5) is 20.7. The SMILES string of the molecule is Cn1nc(-c2ccncc2)cc1CN1CCN(C(=O)c2cccc(F)c2)CC1. The highest BCUT2D eigenvalue weighted by Crippen LogP contribution is 2.19. The molecule has 3 aromatic rings. The van der Waals surface area contributed by atoms with Crippen molar-refractivity contribution in [2.24, 2.45) is 7.05 Å². The van der Waals surface area contributed by atoms with Crippen molar-refractivity contribution >= 4 is 5.91 Å². The van der Waals surface area contributed by atoms with Gasteiger partial charge in [-0.1, -0.05) is 6.07 Å². The first-order chi connectivity index (χ1) is 13.6. The van der Waals surface area contributed by atoms with Crippen LogP contribution in [0.5, 0.6) is 0 Å². The molecule has 0 spiro atoms. The van der Waals surface area contributed by atoms with E-state index in [4.69, 9.17) is 0 Å². The maximum Gasteiger partial charge on any atom is 0.254 e. The zero-order valence-electron chi connectivity index (χ0n) is 15.8. The summed E-state index contributed by atoms with van der Waals surface area (Å²) in [7, 11) is 1.95. The third kappa shape index (κ3) is 3.94. The van der Waals surface area contributed by atoms with Crippen LogP contribution < -0.4 is 0 Å². The van der Waals surface area contributed by atoms with Gasteiger partial charge in [-0.25, -0.2) is 4.39 Å². The maximum absolute atomic E-state index is 13.4. The third-order valence-corrected chi connectivity index (χ3v) is 5.07. The van der Waals surface area contributed by atoms with E-state index in [0.29, 0.717) is 18.7 Å². The highest BCUT2D eigenvalue weighted by molar-refractivity contribution is 5.94. The highest BCUT2D eigenvalue weighted by Gasteiger charge is 2.23. The molecule has 28 heavy (non-hydrogen) atoms. The molecule has 0 N–H and O–H groups in total. The molecule has 1 saturated heterocycles. The van der Waals surface area contributed by atoms with Crippen molar-refractivity contribution in [3.05, 3.63) is 71.9 Å². The number of hydrogen-bond acceptors (Lipinski definition) is 4. The molecule has 1 aliphatic heterocycles. The average molecular weight is 379 g/mol. The summed E-state index contributed by atoms with van der Waals surface area (Å²) >= 11 is 0. The smallest absolute Gasteiger partial charge is 0.254 e. The van der Waals surface area contributed by atoms with Gasteiger partial charge in [-0.2, -0.15) is 5.10 Å². The molecule has 0 unspecified atom stereocenters. The number of aryl methyl sites for hydroxylation is 1. The molecule has 7 heteroatoms. The number of rotatable bonds is 4. The molecule has 0 saturated carbocycles. The Morgan fingerprint density at radius 2 is 1.82 bits per heavy atom. The van der Waals surface area contributed by atoms with Crippen LogP contribution in [0.1, 0.15) is 16.1 Å². The number of aromatic nitrogens is 3. The van der Waals surface area contributed by atoms with E-state index in [9.17, 15) is 9.18 Å². The van der Waals surface area contributed by atoms with E-state index in [1.165, 1.54) is 12.1 Å². The Morgan fingerprint density at radius 3 is 2.54 bits per heavy atom. The minimum atomic E-state index is -0.384. The number of benzene rings is 1. The number of halogens is 1. The Bertz CT molecular complexity index is 964. The first-order valence-electron chi connectivity index (χ1n) is 9.30. The van der Waals surface area contributed by atoms with Crippen LogP contribution in [0.2, 0.25) is 0 Å². The van der Waals surface area contributed by atoms with Crippen molar-refractivity contribution in [1.82, 2.24) is 24.6 Å². The van der Waals surface area contributed by atoms with Gasteiger partial charge in [-0.15, -0.1) is 0 Å². The van der Waals surface area contributed by atoms with Gasteiger partial charge >= 0.3 is 0 Å². The lowest BCUT2D eigenvalue weighted by Gasteiger charge is -2.34. The van der Waals surface area contributed by atoms with Crippen LogP contribution in [0.3, 0.4) is 0 Å². The summed E-state index contributed by atoms with van der Waals surface area (Å²) in [5.74, 6) is -0.495. The third-order valence-electron chi connectivity index (χ3n) is 5.07. The summed E-state index contributed by atoms with van der Waals surface area (Å²) in [6.45, 7) is 3.58. The highest BCUT2D eigenvalue weighted by atomic mass is 19.1. The molecular weight excluding hydrogens is 357 g/mol. The Hall–Kier alpha value is -3.06. The molecule has 144 valence electrons. The molecule has 4 rings (SSSR count). The molecule has 1 fully saturated rings. The number of pyridine rings is 1. The van der Waals surface area contributed by atoms with Gasteiger partial charge < -0.3 is 4.90 Å². The first kappa shape index (κ1) is 18.3. The normalized spacial score (nSPS) is 15.0. The summed E-state index contributed by atoms with van der Waals surface area (Å²) in [6, 6.07) is 11.9. The number of nitrogens with zero attached hydrogens (tertiary/aromatic N) is 5. The van der Waals surface area contributed by atoms with Crippen molar-refractivity contribution in [2.75, 3.05) is 26.2 Å². The van der Waals surface area contributed by atoms with Gasteiger partial charge in [0.15, 0.2) is 0 Å². The van der Waals surface area contributed by atoms with E-state index in [2.05, 4.69) is 21.0 Å². The van der Waals surface area contributed by atoms with Gasteiger partial charge in [-0.3, -0.25) is 19.4 Å². The van der Waals surface area contributed by atoms with Gasteiger partial charge in [0, 0.05) is 63.3 Å². The Kier molecular flexibility index (Phi) is 5.16. The first-order valence-corrected chi connectivity index (χ1v) is 9.30. The van der Waals surface area contributed by atoms with Crippen molar-refractivity contribution < 1.29 is 9.18 Å². The van der Waals surface area contributed by atoms with Crippen molar-refractivity contribution in [3.63, 3.8) is 0 Å². The second-order valence-electron chi connectivity index (χ2n) is 6.96. The lowest BCUT2D eigenvalue weighted by atomic mass is 10.1. The summed E-state index contributed by atoms with van der Waals surface area (Å²) in [5.41, 5.74) is 3.50. The monoisotopic (exact) mass is 379 g/mol. The van der Waals surface area contributed by atoms with Crippen LogP contribution in [0.4, 0.5) is 4.39 Å². The van der Waals surface area contributed by atoms with Gasteiger partial charge in [0.2, 0.25) is 0 Å². The number of carbonyl (C=O) groups is 1. The molecule has 0 atom stereocenters. The topological polar surface area (TPSA) is 54.3 Å². The van der Waals surface area contributed by atoms with Gasteiger partial charge in [0.1, 0.15) is 5.82 Å². The van der Waals surface area contributed by atoms with Gasteiger partial charge in [0.05, 0.1) is 11.4 Å². The maximum atomic E-state index is 13.4. The lowest BCUT2D eigenvalue weighted by molar-refractivity contribution is 0.0625. The molecule has 2 aromatic heterocycles. The zero-order chi connectivity index (χ0) is 19.5. The second-order valence-corrected chi connectivity index (χ2v) is 6.96. The van der Waals surface area contributed by atoms with Crippen molar-refractivity contribution in [2.45, 2.75) is 6.54 Å².